The Morgan fingerprint density at radius 3 is 2.77 bits per heavy atom. The topological polar surface area (TPSA) is 67.2 Å². The van der Waals surface area contributed by atoms with Crippen molar-refractivity contribution < 1.29 is 13.5 Å². The monoisotopic (exact) mass is 564 g/mol. The Bertz CT molecular complexity index is 1080. The van der Waals surface area contributed by atoms with E-state index in [9.17, 15) is 8.78 Å². The number of methoxy groups -OCH3 is 1. The number of aromatic nitrogens is 3. The lowest BCUT2D eigenvalue weighted by molar-refractivity contribution is 0.130. The van der Waals surface area contributed by atoms with Crippen molar-refractivity contribution in [1.82, 2.24) is 14.8 Å². The summed E-state index contributed by atoms with van der Waals surface area (Å²) in [7, 11) is 3.41. The zero-order chi connectivity index (χ0) is 21.4. The normalized spacial score (nSPS) is 15.7. The second-order valence-electron chi connectivity index (χ2n) is 6.46. The van der Waals surface area contributed by atoms with E-state index in [4.69, 9.17) is 16.3 Å². The first kappa shape index (κ1) is 21.3. The number of hydrogen-bond acceptors (Lipinski definition) is 6. The number of fused-ring (bicyclic) bond motifs is 1. The highest BCUT2D eigenvalue weighted by atomic mass is 127. The molecule has 1 aliphatic heterocycles. The number of para-hydroxylation sites is 1. The van der Waals surface area contributed by atoms with Gasteiger partial charge in [0.1, 0.15) is 10.8 Å². The van der Waals surface area contributed by atoms with Crippen molar-refractivity contribution >= 4 is 62.9 Å². The van der Waals surface area contributed by atoms with Gasteiger partial charge in [0.2, 0.25) is 0 Å². The molecule has 0 fully saturated rings. The van der Waals surface area contributed by atoms with Crippen molar-refractivity contribution in [2.24, 2.45) is 7.05 Å². The van der Waals surface area contributed by atoms with E-state index in [1.54, 1.807) is 17.9 Å². The molecule has 12 heteroatoms. The smallest absolute Gasteiger partial charge is 0.277 e. The molecule has 2 atom stereocenters. The van der Waals surface area contributed by atoms with E-state index in [2.05, 4.69) is 42.8 Å². The Hall–Kier alpha value is -1.91. The van der Waals surface area contributed by atoms with E-state index >= 15 is 0 Å². The molecule has 0 spiro atoms. The zero-order valence-corrected chi connectivity index (χ0v) is 19.7. The van der Waals surface area contributed by atoms with Gasteiger partial charge in [0.25, 0.3) is 6.43 Å². The third-order valence-corrected chi connectivity index (χ3v) is 7.00. The van der Waals surface area contributed by atoms with Gasteiger partial charge in [-0.3, -0.25) is 4.68 Å². The second kappa shape index (κ2) is 8.68. The molecule has 3 heterocycles. The molecule has 2 aromatic heterocycles. The van der Waals surface area contributed by atoms with Gasteiger partial charge in [-0.05, 0) is 40.2 Å². The van der Waals surface area contributed by atoms with Crippen LogP contribution in [0.3, 0.4) is 0 Å². The van der Waals surface area contributed by atoms with Gasteiger partial charge in [0, 0.05) is 31.2 Å². The molecule has 0 saturated carbocycles. The summed E-state index contributed by atoms with van der Waals surface area (Å²) >= 11 is 8.27. The molecule has 7 nitrogen and oxygen atoms in total. The van der Waals surface area contributed by atoms with E-state index in [-0.39, 0.29) is 11.5 Å². The quantitative estimate of drug-likeness (QED) is 0.229. The molecular weight excluding hydrogens is 548 g/mol. The van der Waals surface area contributed by atoms with E-state index in [0.29, 0.717) is 28.6 Å². The molecule has 0 aliphatic carbocycles. The summed E-state index contributed by atoms with van der Waals surface area (Å²) in [5.74, 6) is 0.969. The fourth-order valence-corrected chi connectivity index (χ4v) is 5.59. The van der Waals surface area contributed by atoms with Crippen LogP contribution in [0.25, 0.3) is 11.3 Å². The Morgan fingerprint density at radius 1 is 1.33 bits per heavy atom. The Kier molecular flexibility index (Phi) is 6.17. The summed E-state index contributed by atoms with van der Waals surface area (Å²) in [5, 5.41) is 10.8. The lowest BCUT2D eigenvalue weighted by atomic mass is 10.1. The maximum absolute atomic E-state index is 13.5. The molecule has 1 aliphatic rings. The first-order chi connectivity index (χ1) is 14.4. The van der Waals surface area contributed by atoms with Crippen LogP contribution in [0.2, 0.25) is 5.15 Å². The van der Waals surface area contributed by atoms with E-state index < -0.39 is 12.6 Å². The third-order valence-electron chi connectivity index (χ3n) is 4.58. The summed E-state index contributed by atoms with van der Waals surface area (Å²) in [5.41, 5.74) is 3.21. The van der Waals surface area contributed by atoms with Gasteiger partial charge < -0.3 is 20.0 Å². The molecule has 1 aromatic carbocycles. The van der Waals surface area contributed by atoms with E-state index in [1.807, 2.05) is 37.5 Å². The van der Waals surface area contributed by atoms with Crippen molar-refractivity contribution in [2.75, 3.05) is 22.4 Å². The fourth-order valence-electron chi connectivity index (χ4n) is 3.29. The minimum absolute atomic E-state index is 0.0680. The summed E-state index contributed by atoms with van der Waals surface area (Å²) in [4.78, 5) is 4.27. The highest BCUT2D eigenvalue weighted by Crippen LogP contribution is 2.49. The molecule has 0 saturated heterocycles. The predicted octanol–water partition coefficient (Wildman–Crippen LogP) is 5.65. The van der Waals surface area contributed by atoms with Crippen molar-refractivity contribution in [3.63, 3.8) is 0 Å². The fraction of sp³-hybridized carbons (Fsp3) is 0.222. The number of ether oxygens (including phenoxy) is 1. The van der Waals surface area contributed by atoms with Gasteiger partial charge in [-0.1, -0.05) is 17.7 Å². The van der Waals surface area contributed by atoms with Crippen LogP contribution < -0.4 is 20.0 Å². The van der Waals surface area contributed by atoms with Gasteiger partial charge in [0.05, 0.1) is 24.2 Å². The Balaban J connectivity index is 1.77. The first-order valence-electron chi connectivity index (χ1n) is 8.77. The van der Waals surface area contributed by atoms with Gasteiger partial charge in [-0.25, -0.2) is 13.8 Å². The van der Waals surface area contributed by atoms with Crippen LogP contribution in [-0.4, -0.2) is 34.5 Å². The second-order valence-corrected chi connectivity index (χ2v) is 8.94. The highest BCUT2D eigenvalue weighted by Gasteiger charge is 2.38. The molecular formula is C18H17ClF2IN6OP. The molecule has 3 aromatic rings. The van der Waals surface area contributed by atoms with Gasteiger partial charge in [-0.15, -0.1) is 0 Å². The minimum Gasteiger partial charge on any atom is -0.494 e. The van der Waals surface area contributed by atoms with Gasteiger partial charge in [-0.2, -0.15) is 5.10 Å². The average molecular weight is 565 g/mol. The van der Waals surface area contributed by atoms with E-state index in [1.165, 1.54) is 4.67 Å². The van der Waals surface area contributed by atoms with Crippen LogP contribution in [0, 0.1) is 0 Å². The zero-order valence-electron chi connectivity index (χ0n) is 15.8. The SMILES string of the molecule is COc1c(Nc2cc(Cl)nc3c2NC(C(F)F)N3PI)cccc1-c1ccn(C)n1. The largest absolute Gasteiger partial charge is 0.494 e. The number of nitrogens with zero attached hydrogens (tertiary/aromatic N) is 4. The number of pyridine rings is 1. The molecule has 0 amide bonds. The molecule has 0 radical (unpaired) electrons. The van der Waals surface area contributed by atoms with Crippen LogP contribution in [-0.2, 0) is 7.05 Å². The number of halogens is 4. The summed E-state index contributed by atoms with van der Waals surface area (Å²) < 4.78 is 36.0. The summed E-state index contributed by atoms with van der Waals surface area (Å²) in [6, 6.07) is 9.09. The lowest BCUT2D eigenvalue weighted by Gasteiger charge is -2.22. The first-order valence-corrected chi connectivity index (χ1v) is 13.2. The minimum atomic E-state index is -2.59. The lowest BCUT2D eigenvalue weighted by Crippen LogP contribution is -2.35. The molecule has 2 unspecified atom stereocenters. The standard InChI is InChI=1S/C18H17ClF2IN6OP/c1-27-7-6-10(26-27)9-4-3-5-11(15(9)29-2)23-12-8-13(19)24-17-14(12)25-18(16(20)21)28(17)30-22/h3-8,16,18,25,30H,1-2H3,(H,23,24). The molecule has 30 heavy (non-hydrogen) atoms. The van der Waals surface area contributed by atoms with Crippen molar-refractivity contribution in [3.05, 3.63) is 41.7 Å². The van der Waals surface area contributed by atoms with Crippen LogP contribution >= 0.6 is 40.0 Å². The van der Waals surface area contributed by atoms with Gasteiger partial charge in [0.15, 0.2) is 17.7 Å². The summed E-state index contributed by atoms with van der Waals surface area (Å²) in [6.45, 7) is 0. The number of benzene rings is 1. The van der Waals surface area contributed by atoms with Crippen LogP contribution in [0.1, 0.15) is 0 Å². The van der Waals surface area contributed by atoms with Gasteiger partial charge >= 0.3 is 0 Å². The number of anilines is 4. The van der Waals surface area contributed by atoms with Crippen LogP contribution in [0.4, 0.5) is 31.7 Å². The Labute approximate surface area is 191 Å². The number of nitrogens with one attached hydrogen (secondary N) is 2. The molecule has 2 N–H and O–H groups in total. The molecule has 4 rings (SSSR count). The summed E-state index contributed by atoms with van der Waals surface area (Å²) in [6.07, 6.45) is -1.84. The average Bonchev–Trinajstić information content (AvgIpc) is 3.31. The number of aryl methyl sites for hydroxylation is 1. The number of rotatable bonds is 6. The maximum Gasteiger partial charge on any atom is 0.277 e. The molecule has 0 bridgehead atoms. The highest BCUT2D eigenvalue weighted by molar-refractivity contribution is 14.2. The molecule has 158 valence electrons. The third kappa shape index (κ3) is 3.88. The maximum atomic E-state index is 13.5. The number of hydrogen-bond donors (Lipinski definition) is 2. The van der Waals surface area contributed by atoms with Crippen molar-refractivity contribution in [2.45, 2.75) is 12.6 Å². The van der Waals surface area contributed by atoms with Crippen LogP contribution in [0.15, 0.2) is 36.5 Å². The number of alkyl halides is 2. The van der Waals surface area contributed by atoms with Crippen molar-refractivity contribution in [1.29, 1.82) is 0 Å². The Morgan fingerprint density at radius 2 is 2.13 bits per heavy atom. The van der Waals surface area contributed by atoms with E-state index in [0.717, 1.165) is 11.3 Å². The van der Waals surface area contributed by atoms with Crippen LogP contribution in [0.5, 0.6) is 5.75 Å². The van der Waals surface area contributed by atoms with Crippen molar-refractivity contribution in [3.8, 4) is 17.0 Å². The predicted molar refractivity (Wildman–Crippen MR) is 126 cm³/mol.